The van der Waals surface area contributed by atoms with Crippen LogP contribution < -0.4 is 0 Å². The van der Waals surface area contributed by atoms with Crippen molar-refractivity contribution < 1.29 is 5.11 Å². The molecule has 0 radical (unpaired) electrons. The average molecular weight is 408 g/mol. The van der Waals surface area contributed by atoms with E-state index < -0.39 is 0 Å². The van der Waals surface area contributed by atoms with Gasteiger partial charge in [0.25, 0.3) is 0 Å². The summed E-state index contributed by atoms with van der Waals surface area (Å²) in [6.45, 7) is 12.0. The Morgan fingerprint density at radius 1 is 0.645 bits per heavy atom. The van der Waals surface area contributed by atoms with E-state index in [1.165, 1.54) is 11.1 Å². The second-order valence-corrected chi connectivity index (χ2v) is 7.92. The van der Waals surface area contributed by atoms with Crippen molar-refractivity contribution in [1.82, 2.24) is 15.0 Å². The Morgan fingerprint density at radius 2 is 1.10 bits per heavy atom. The van der Waals surface area contributed by atoms with Crippen LogP contribution in [0.5, 0.6) is 5.75 Å². The number of phenolic OH excluding ortho intramolecular Hbond substituents is 1. The maximum atomic E-state index is 10.6. The molecule has 4 nitrogen and oxygen atoms in total. The molecule has 154 valence electrons. The first-order chi connectivity index (χ1) is 14.9. The Labute approximate surface area is 183 Å². The van der Waals surface area contributed by atoms with Crippen molar-refractivity contribution in [2.24, 2.45) is 0 Å². The number of rotatable bonds is 4. The Kier molecular flexibility index (Phi) is 5.38. The second-order valence-electron chi connectivity index (χ2n) is 7.92. The van der Waals surface area contributed by atoms with Gasteiger partial charge >= 0.3 is 0 Å². The van der Waals surface area contributed by atoms with E-state index in [-0.39, 0.29) is 5.75 Å². The summed E-state index contributed by atoms with van der Waals surface area (Å²) in [6, 6.07) is 17.8. The zero-order valence-electron chi connectivity index (χ0n) is 18.3. The molecule has 1 N–H and O–H groups in total. The van der Waals surface area contributed by atoms with E-state index in [4.69, 9.17) is 15.0 Å². The number of phenols is 1. The smallest absolute Gasteiger partial charge is 0.167 e. The van der Waals surface area contributed by atoms with Gasteiger partial charge in [-0.05, 0) is 56.5 Å². The van der Waals surface area contributed by atoms with Crippen LogP contribution in [-0.2, 0) is 0 Å². The van der Waals surface area contributed by atoms with E-state index in [0.29, 0.717) is 23.0 Å². The van der Waals surface area contributed by atoms with Crippen molar-refractivity contribution in [2.45, 2.75) is 27.7 Å². The van der Waals surface area contributed by atoms with Crippen LogP contribution in [0.3, 0.4) is 0 Å². The van der Waals surface area contributed by atoms with Crippen LogP contribution in [0.1, 0.15) is 27.8 Å². The molecule has 4 aromatic rings. The highest BCUT2D eigenvalue weighted by atomic mass is 16.3. The van der Waals surface area contributed by atoms with Gasteiger partial charge in [0.1, 0.15) is 5.75 Å². The summed E-state index contributed by atoms with van der Waals surface area (Å²) in [4.78, 5) is 14.3. The maximum Gasteiger partial charge on any atom is 0.167 e. The van der Waals surface area contributed by atoms with Crippen LogP contribution >= 0.6 is 0 Å². The van der Waals surface area contributed by atoms with Crippen molar-refractivity contribution in [1.29, 1.82) is 0 Å². The first-order valence-corrected chi connectivity index (χ1v) is 10.2. The molecular formula is C27H25N3O. The van der Waals surface area contributed by atoms with Gasteiger partial charge in [0.15, 0.2) is 17.5 Å². The molecule has 4 heteroatoms. The van der Waals surface area contributed by atoms with Crippen molar-refractivity contribution in [3.63, 3.8) is 0 Å². The first kappa shape index (κ1) is 20.5. The van der Waals surface area contributed by atoms with Crippen molar-refractivity contribution in [3.8, 4) is 39.9 Å². The number of aryl methyl sites for hydroxylation is 4. The summed E-state index contributed by atoms with van der Waals surface area (Å²) in [5, 5.41) is 10.6. The summed E-state index contributed by atoms with van der Waals surface area (Å²) in [5.74, 6) is 1.73. The lowest BCUT2D eigenvalue weighted by molar-refractivity contribution is 0.476. The molecule has 0 atom stereocenters. The fourth-order valence-corrected chi connectivity index (χ4v) is 3.73. The van der Waals surface area contributed by atoms with Crippen LogP contribution in [0.15, 0.2) is 61.2 Å². The summed E-state index contributed by atoms with van der Waals surface area (Å²) >= 11 is 0. The Bertz CT molecular complexity index is 1240. The lowest BCUT2D eigenvalue weighted by atomic mass is 10.0. The summed E-state index contributed by atoms with van der Waals surface area (Å²) in [5.41, 5.74) is 7.84. The van der Waals surface area contributed by atoms with E-state index in [1.54, 1.807) is 12.1 Å². The van der Waals surface area contributed by atoms with E-state index in [0.717, 1.165) is 27.8 Å². The summed E-state index contributed by atoms with van der Waals surface area (Å²) in [7, 11) is 0. The summed E-state index contributed by atoms with van der Waals surface area (Å²) < 4.78 is 0. The summed E-state index contributed by atoms with van der Waals surface area (Å²) in [6.07, 6.45) is 1.69. The van der Waals surface area contributed by atoms with Gasteiger partial charge in [-0.1, -0.05) is 66.2 Å². The molecule has 3 aromatic carbocycles. The predicted molar refractivity (Wildman–Crippen MR) is 127 cm³/mol. The molecule has 0 amide bonds. The van der Waals surface area contributed by atoms with Gasteiger partial charge in [0, 0.05) is 11.1 Å². The van der Waals surface area contributed by atoms with Gasteiger partial charge in [0.2, 0.25) is 0 Å². The highest BCUT2D eigenvalue weighted by molar-refractivity contribution is 5.73. The number of benzene rings is 3. The topological polar surface area (TPSA) is 58.9 Å². The second kappa shape index (κ2) is 8.15. The van der Waals surface area contributed by atoms with Gasteiger partial charge in [0.05, 0.1) is 5.56 Å². The van der Waals surface area contributed by atoms with Crippen LogP contribution in [0.2, 0.25) is 0 Å². The predicted octanol–water partition coefficient (Wildman–Crippen LogP) is 6.45. The fourth-order valence-electron chi connectivity index (χ4n) is 3.73. The largest absolute Gasteiger partial charge is 0.507 e. The molecule has 0 bridgehead atoms. The third-order valence-corrected chi connectivity index (χ3v) is 5.38. The zero-order valence-corrected chi connectivity index (χ0v) is 18.3. The number of aromatic nitrogens is 3. The average Bonchev–Trinajstić information content (AvgIpc) is 2.73. The molecular weight excluding hydrogens is 382 g/mol. The molecule has 0 fully saturated rings. The first-order valence-electron chi connectivity index (χ1n) is 10.2. The van der Waals surface area contributed by atoms with Gasteiger partial charge in [-0.15, -0.1) is 0 Å². The van der Waals surface area contributed by atoms with E-state index in [1.807, 2.05) is 24.3 Å². The van der Waals surface area contributed by atoms with Gasteiger partial charge in [-0.2, -0.15) is 0 Å². The lowest BCUT2D eigenvalue weighted by Crippen LogP contribution is -2.02. The van der Waals surface area contributed by atoms with Gasteiger partial charge in [-0.3, -0.25) is 0 Å². The minimum Gasteiger partial charge on any atom is -0.507 e. The molecule has 0 spiro atoms. The van der Waals surface area contributed by atoms with Crippen LogP contribution in [0, 0.1) is 27.7 Å². The molecule has 1 aromatic heterocycles. The zero-order chi connectivity index (χ0) is 22.1. The molecule has 0 aliphatic rings. The molecule has 0 saturated carbocycles. The molecule has 4 rings (SSSR count). The molecule has 0 saturated heterocycles. The van der Waals surface area contributed by atoms with Gasteiger partial charge < -0.3 is 5.11 Å². The van der Waals surface area contributed by atoms with Crippen LogP contribution in [-0.4, -0.2) is 20.1 Å². The Hall–Kier alpha value is -3.79. The number of nitrogens with zero attached hydrogens (tertiary/aromatic N) is 3. The van der Waals surface area contributed by atoms with E-state index in [9.17, 15) is 5.11 Å². The molecule has 0 aliphatic heterocycles. The standard InChI is InChI=1S/C27H25N3O/c1-6-20-9-12-23(24(31)15-20)27-29-25(21-10-7-16(2)13-18(21)4)28-26(30-27)22-11-8-17(3)14-19(22)5/h6-15,31H,1H2,2-5H3. The van der Waals surface area contributed by atoms with Gasteiger partial charge in [-0.25, -0.2) is 15.0 Å². The molecule has 0 aliphatic carbocycles. The normalized spacial score (nSPS) is 10.8. The van der Waals surface area contributed by atoms with E-state index in [2.05, 4.69) is 58.5 Å². The minimum absolute atomic E-state index is 0.113. The quantitative estimate of drug-likeness (QED) is 0.422. The molecule has 31 heavy (non-hydrogen) atoms. The third kappa shape index (κ3) is 4.10. The Morgan fingerprint density at radius 3 is 1.52 bits per heavy atom. The highest BCUT2D eigenvalue weighted by Gasteiger charge is 2.16. The highest BCUT2D eigenvalue weighted by Crippen LogP contribution is 2.32. The van der Waals surface area contributed by atoms with Crippen molar-refractivity contribution in [3.05, 3.63) is 89.0 Å². The number of hydrogen-bond donors (Lipinski definition) is 1. The van der Waals surface area contributed by atoms with E-state index >= 15 is 0 Å². The van der Waals surface area contributed by atoms with Crippen LogP contribution in [0.25, 0.3) is 40.2 Å². The monoisotopic (exact) mass is 407 g/mol. The number of aromatic hydroxyl groups is 1. The minimum atomic E-state index is 0.113. The fraction of sp³-hybridized carbons (Fsp3) is 0.148. The van der Waals surface area contributed by atoms with Crippen LogP contribution in [0.4, 0.5) is 0 Å². The van der Waals surface area contributed by atoms with Crippen molar-refractivity contribution in [2.75, 3.05) is 0 Å². The maximum absolute atomic E-state index is 10.6. The SMILES string of the molecule is C=Cc1ccc(-c2nc(-c3ccc(C)cc3C)nc(-c3ccc(C)cc3C)n2)c(O)c1. The molecule has 0 unspecified atom stereocenters. The molecule has 1 heterocycles. The third-order valence-electron chi connectivity index (χ3n) is 5.38. The number of hydrogen-bond acceptors (Lipinski definition) is 4. The van der Waals surface area contributed by atoms with Crippen molar-refractivity contribution >= 4 is 6.08 Å². The Balaban J connectivity index is 1.98. The lowest BCUT2D eigenvalue weighted by Gasteiger charge is -2.12.